The third-order valence-corrected chi connectivity index (χ3v) is 7.38. The molecule has 1 N–H and O–H groups in total. The van der Waals surface area contributed by atoms with Crippen molar-refractivity contribution in [1.82, 2.24) is 4.90 Å². The topological polar surface area (TPSA) is 74.7 Å². The number of ketones is 1. The standard InChI is InChI=1S/C22H31NO4/c1-4-5-17(26)23-10-16(25)18(19(23)27)15(24)9-22-8-14-6-20(2,12-22)11-21(3,7-14)13-22/h14,24H,4-13H2,1-3H3/b18-15-. The Balaban J connectivity index is 1.60. The number of carbonyl (C=O) groups is 3. The molecule has 4 saturated carbocycles. The van der Waals surface area contributed by atoms with Crippen LogP contribution in [0.4, 0.5) is 0 Å². The number of rotatable bonds is 4. The van der Waals surface area contributed by atoms with Crippen LogP contribution in [0.3, 0.4) is 0 Å². The van der Waals surface area contributed by atoms with Crippen LogP contribution in [0.1, 0.15) is 78.6 Å². The van der Waals surface area contributed by atoms with Gasteiger partial charge in [0.15, 0.2) is 5.78 Å². The fraction of sp³-hybridized carbons (Fsp3) is 0.773. The van der Waals surface area contributed by atoms with Crippen LogP contribution in [-0.4, -0.2) is 34.1 Å². The lowest BCUT2D eigenvalue weighted by atomic mass is 9.40. The molecule has 4 aliphatic carbocycles. The van der Waals surface area contributed by atoms with Gasteiger partial charge in [-0.2, -0.15) is 0 Å². The molecule has 5 rings (SSSR count). The quantitative estimate of drug-likeness (QED) is 0.460. The highest BCUT2D eigenvalue weighted by Gasteiger charge is 2.60. The molecule has 2 amide bonds. The molecule has 1 heterocycles. The molecule has 5 nitrogen and oxygen atoms in total. The fourth-order valence-electron chi connectivity index (χ4n) is 7.71. The van der Waals surface area contributed by atoms with Crippen LogP contribution < -0.4 is 0 Å². The summed E-state index contributed by atoms with van der Waals surface area (Å²) in [5, 5.41) is 10.8. The summed E-state index contributed by atoms with van der Waals surface area (Å²) >= 11 is 0. The molecule has 0 aromatic heterocycles. The first-order chi connectivity index (χ1) is 12.6. The molecule has 148 valence electrons. The zero-order chi connectivity index (χ0) is 19.6. The summed E-state index contributed by atoms with van der Waals surface area (Å²) in [6, 6.07) is 0. The van der Waals surface area contributed by atoms with Gasteiger partial charge in [0.2, 0.25) is 5.91 Å². The molecule has 5 fully saturated rings. The van der Waals surface area contributed by atoms with Gasteiger partial charge >= 0.3 is 0 Å². The van der Waals surface area contributed by atoms with Crippen molar-refractivity contribution in [2.24, 2.45) is 22.2 Å². The number of carbonyl (C=O) groups excluding carboxylic acids is 3. The highest BCUT2D eigenvalue weighted by molar-refractivity contribution is 6.29. The van der Waals surface area contributed by atoms with Crippen molar-refractivity contribution in [1.29, 1.82) is 0 Å². The lowest BCUT2D eigenvalue weighted by Gasteiger charge is -2.65. The van der Waals surface area contributed by atoms with Crippen molar-refractivity contribution in [3.05, 3.63) is 11.3 Å². The van der Waals surface area contributed by atoms with Crippen LogP contribution in [0.2, 0.25) is 0 Å². The Labute approximate surface area is 161 Å². The molecule has 0 aromatic rings. The van der Waals surface area contributed by atoms with Gasteiger partial charge in [0.25, 0.3) is 5.91 Å². The number of likely N-dealkylation sites (tertiary alicyclic amines) is 1. The van der Waals surface area contributed by atoms with E-state index < -0.39 is 11.7 Å². The van der Waals surface area contributed by atoms with Crippen molar-refractivity contribution < 1.29 is 19.5 Å². The third kappa shape index (κ3) is 3.03. The predicted octanol–water partition coefficient (Wildman–Crippen LogP) is 3.92. The number of Topliss-reactive ketones (excluding diaryl/α,β-unsaturated/α-hetero) is 1. The van der Waals surface area contributed by atoms with E-state index in [9.17, 15) is 19.5 Å². The first-order valence-corrected chi connectivity index (χ1v) is 10.4. The maximum atomic E-state index is 12.7. The van der Waals surface area contributed by atoms with Crippen molar-refractivity contribution >= 4 is 17.6 Å². The molecule has 1 aliphatic heterocycles. The molecule has 1 saturated heterocycles. The third-order valence-electron chi connectivity index (χ3n) is 7.38. The molecular weight excluding hydrogens is 342 g/mol. The zero-order valence-corrected chi connectivity index (χ0v) is 16.8. The summed E-state index contributed by atoms with van der Waals surface area (Å²) in [6.07, 6.45) is 8.24. The minimum atomic E-state index is -0.599. The van der Waals surface area contributed by atoms with E-state index in [2.05, 4.69) is 13.8 Å². The molecule has 0 spiro atoms. The number of hydrogen-bond acceptors (Lipinski definition) is 4. The summed E-state index contributed by atoms with van der Waals surface area (Å²) in [4.78, 5) is 38.2. The van der Waals surface area contributed by atoms with Gasteiger partial charge in [-0.15, -0.1) is 0 Å². The molecule has 0 radical (unpaired) electrons. The number of imide groups is 1. The second-order valence-electron chi connectivity index (χ2n) is 10.6. The molecule has 5 heteroatoms. The van der Waals surface area contributed by atoms with E-state index in [-0.39, 0.29) is 35.6 Å². The van der Waals surface area contributed by atoms with Crippen molar-refractivity contribution in [3.8, 4) is 0 Å². The summed E-state index contributed by atoms with van der Waals surface area (Å²) in [5.74, 6) is -0.728. The number of aliphatic hydroxyl groups excluding tert-OH is 1. The lowest BCUT2D eigenvalue weighted by molar-refractivity contribution is -0.146. The lowest BCUT2D eigenvalue weighted by Crippen LogP contribution is -2.55. The van der Waals surface area contributed by atoms with Gasteiger partial charge in [-0.05, 0) is 67.1 Å². The summed E-state index contributed by atoms with van der Waals surface area (Å²) in [7, 11) is 0. The van der Waals surface area contributed by atoms with Crippen LogP contribution in [-0.2, 0) is 14.4 Å². The summed E-state index contributed by atoms with van der Waals surface area (Å²) < 4.78 is 0. The minimum Gasteiger partial charge on any atom is -0.511 e. The number of allylic oxidation sites excluding steroid dienone is 1. The Kier molecular flexibility index (Phi) is 4.10. The predicted molar refractivity (Wildman–Crippen MR) is 101 cm³/mol. The Hall–Kier alpha value is -1.65. The SMILES string of the molecule is CCCC(=O)N1CC(=O)/C(=C(/O)CC23CC4CC(C)(CC(C)(C4)C2)C3)C1=O. The van der Waals surface area contributed by atoms with Crippen LogP contribution >= 0.6 is 0 Å². The average molecular weight is 373 g/mol. The van der Waals surface area contributed by atoms with Gasteiger partial charge in [0.1, 0.15) is 11.3 Å². The normalized spacial score (nSPS) is 42.2. The number of hydrogen-bond donors (Lipinski definition) is 1. The summed E-state index contributed by atoms with van der Waals surface area (Å²) in [5.41, 5.74) is 0.477. The van der Waals surface area contributed by atoms with Gasteiger partial charge in [0.05, 0.1) is 6.54 Å². The van der Waals surface area contributed by atoms with E-state index in [1.807, 2.05) is 6.92 Å². The highest BCUT2D eigenvalue weighted by Crippen LogP contribution is 2.70. The average Bonchev–Trinajstić information content (AvgIpc) is 2.78. The van der Waals surface area contributed by atoms with Gasteiger partial charge in [-0.1, -0.05) is 20.8 Å². The van der Waals surface area contributed by atoms with Gasteiger partial charge in [0, 0.05) is 12.8 Å². The maximum absolute atomic E-state index is 12.7. The molecular formula is C22H31NO4. The molecule has 0 aromatic carbocycles. The highest BCUT2D eigenvalue weighted by atomic mass is 16.3. The van der Waals surface area contributed by atoms with Crippen LogP contribution in [0.15, 0.2) is 11.3 Å². The van der Waals surface area contributed by atoms with E-state index >= 15 is 0 Å². The fourth-order valence-corrected chi connectivity index (χ4v) is 7.71. The van der Waals surface area contributed by atoms with Crippen LogP contribution in [0, 0.1) is 22.2 Å². The van der Waals surface area contributed by atoms with Gasteiger partial charge in [-0.25, -0.2) is 0 Å². The maximum Gasteiger partial charge on any atom is 0.268 e. The van der Waals surface area contributed by atoms with E-state index in [0.29, 0.717) is 29.6 Å². The van der Waals surface area contributed by atoms with Crippen molar-refractivity contribution in [3.63, 3.8) is 0 Å². The monoisotopic (exact) mass is 373 g/mol. The number of aliphatic hydroxyl groups is 1. The van der Waals surface area contributed by atoms with Gasteiger partial charge in [-0.3, -0.25) is 19.3 Å². The van der Waals surface area contributed by atoms with Crippen molar-refractivity contribution in [2.75, 3.05) is 6.54 Å². The van der Waals surface area contributed by atoms with Gasteiger partial charge < -0.3 is 5.11 Å². The smallest absolute Gasteiger partial charge is 0.268 e. The molecule has 4 bridgehead atoms. The molecule has 2 unspecified atom stereocenters. The summed E-state index contributed by atoms with van der Waals surface area (Å²) in [6.45, 7) is 6.38. The van der Waals surface area contributed by atoms with E-state index in [0.717, 1.165) is 24.2 Å². The Bertz CT molecular complexity index is 733. The van der Waals surface area contributed by atoms with Crippen LogP contribution in [0.5, 0.6) is 0 Å². The van der Waals surface area contributed by atoms with E-state index in [4.69, 9.17) is 0 Å². The van der Waals surface area contributed by atoms with Crippen LogP contribution in [0.25, 0.3) is 0 Å². The number of nitrogens with zero attached hydrogens (tertiary/aromatic N) is 1. The molecule has 2 atom stereocenters. The number of amides is 2. The first kappa shape index (κ1) is 18.7. The molecule has 5 aliphatic rings. The Morgan fingerprint density at radius 2 is 1.74 bits per heavy atom. The zero-order valence-electron chi connectivity index (χ0n) is 16.8. The van der Waals surface area contributed by atoms with E-state index in [1.165, 1.54) is 19.3 Å². The Morgan fingerprint density at radius 1 is 1.11 bits per heavy atom. The Morgan fingerprint density at radius 3 is 2.30 bits per heavy atom. The molecule has 27 heavy (non-hydrogen) atoms. The largest absolute Gasteiger partial charge is 0.511 e. The second-order valence-corrected chi connectivity index (χ2v) is 10.6. The van der Waals surface area contributed by atoms with Crippen molar-refractivity contribution in [2.45, 2.75) is 78.6 Å². The first-order valence-electron chi connectivity index (χ1n) is 10.4. The van der Waals surface area contributed by atoms with E-state index in [1.54, 1.807) is 0 Å². The minimum absolute atomic E-state index is 0.0125. The second kappa shape index (κ2) is 5.92.